The minimum absolute atomic E-state index is 0. The molecule has 0 saturated heterocycles. The molecule has 2 aliphatic rings. The molecule has 0 bridgehead atoms. The van der Waals surface area contributed by atoms with E-state index in [1.54, 1.807) is 17.5 Å². The first kappa shape index (κ1) is 34.3. The standard InChI is InChI=1S/C46H33BN4OS.Pt/c1-28-15-19-37(30(3)24-28)50-39-21-17-32(46-49-36-10-5-6-13-43(36)53-46)26-34(39)47-35-27-33(52-44-14-7-8-23-48-44)18-22-40(35)51(38-20-16-29(2)25-31(38)4)42-12-9-11-41(50)45(42)47;/h5-25H,1-4H3;/q-2;+2. The number of pyridine rings is 1. The number of fused-ring (bicyclic) bond motifs is 5. The van der Waals surface area contributed by atoms with Gasteiger partial charge in [-0.3, -0.25) is 4.98 Å². The second-order valence-corrected chi connectivity index (χ2v) is 15.0. The Balaban J connectivity index is 0.00000384. The maximum Gasteiger partial charge on any atom is 2.00 e. The number of para-hydroxylation sites is 1. The molecule has 262 valence electrons. The van der Waals surface area contributed by atoms with Crippen molar-refractivity contribution >= 4 is 78.8 Å². The van der Waals surface area contributed by atoms with Crippen LogP contribution in [0.1, 0.15) is 22.3 Å². The fourth-order valence-electron chi connectivity index (χ4n) is 8.06. The van der Waals surface area contributed by atoms with Crippen LogP contribution in [0.25, 0.3) is 20.8 Å². The van der Waals surface area contributed by atoms with Crippen LogP contribution in [0.15, 0.2) is 128 Å². The van der Waals surface area contributed by atoms with Gasteiger partial charge in [0, 0.05) is 50.5 Å². The van der Waals surface area contributed by atoms with E-state index < -0.39 is 0 Å². The summed E-state index contributed by atoms with van der Waals surface area (Å²) in [6, 6.07) is 50.5. The van der Waals surface area contributed by atoms with Gasteiger partial charge in [-0.15, -0.1) is 47.4 Å². The first-order valence-corrected chi connectivity index (χ1v) is 18.7. The molecule has 0 aliphatic carbocycles. The molecule has 4 heterocycles. The average Bonchev–Trinajstić information content (AvgIpc) is 3.61. The fraction of sp³-hybridized carbons (Fsp3) is 0.0870. The van der Waals surface area contributed by atoms with E-state index in [0.717, 1.165) is 65.8 Å². The topological polar surface area (TPSA) is 41.5 Å². The second kappa shape index (κ2) is 13.4. The largest absolute Gasteiger partial charge is 2.00 e. The van der Waals surface area contributed by atoms with Gasteiger partial charge in [0.1, 0.15) is 0 Å². The maximum atomic E-state index is 6.37. The first-order valence-electron chi connectivity index (χ1n) is 17.9. The minimum Gasteiger partial charge on any atom is -0.466 e. The molecule has 0 atom stereocenters. The molecule has 0 amide bonds. The van der Waals surface area contributed by atoms with Crippen LogP contribution in [0.5, 0.6) is 11.6 Å². The Morgan fingerprint density at radius 1 is 0.611 bits per heavy atom. The van der Waals surface area contributed by atoms with Gasteiger partial charge >= 0.3 is 21.1 Å². The number of hydrogen-bond donors (Lipinski definition) is 0. The summed E-state index contributed by atoms with van der Waals surface area (Å²) < 4.78 is 7.53. The van der Waals surface area contributed by atoms with E-state index in [9.17, 15) is 0 Å². The Kier molecular flexibility index (Phi) is 8.52. The summed E-state index contributed by atoms with van der Waals surface area (Å²) in [5, 5.41) is 0.954. The molecule has 0 N–H and O–H groups in total. The molecule has 2 aromatic heterocycles. The molecule has 0 spiro atoms. The number of aryl methyl sites for hydroxylation is 4. The molecule has 54 heavy (non-hydrogen) atoms. The van der Waals surface area contributed by atoms with E-state index in [1.807, 2.05) is 30.3 Å². The van der Waals surface area contributed by atoms with E-state index >= 15 is 0 Å². The summed E-state index contributed by atoms with van der Waals surface area (Å²) >= 11 is 1.70. The summed E-state index contributed by atoms with van der Waals surface area (Å²) in [7, 11) is 0. The molecule has 6 aromatic carbocycles. The first-order chi connectivity index (χ1) is 25.9. The van der Waals surface area contributed by atoms with Crippen LogP contribution in [0.2, 0.25) is 0 Å². The monoisotopic (exact) mass is 895 g/mol. The number of anilines is 6. The van der Waals surface area contributed by atoms with Crippen LogP contribution in [-0.4, -0.2) is 16.7 Å². The molecule has 0 unspecified atom stereocenters. The summed E-state index contributed by atoms with van der Waals surface area (Å²) in [6.07, 6.45) is 1.75. The molecule has 0 saturated carbocycles. The van der Waals surface area contributed by atoms with Gasteiger partial charge in [0.15, 0.2) is 0 Å². The number of rotatable bonds is 5. The third kappa shape index (κ3) is 5.57. The SMILES string of the molecule is Cc1ccc(N2c3ccc(Oc4ccccn4)[c-]c3B3c4[c-]c(-c5nc6ccccc6s5)ccc4N(c4ccc(C)cc4C)c4cccc2c43)c(C)c1.[Pt+2]. The molecule has 2 aliphatic heterocycles. The third-order valence-electron chi connectivity index (χ3n) is 10.3. The zero-order valence-corrected chi connectivity index (χ0v) is 33.2. The molecule has 5 nitrogen and oxygen atoms in total. The average molecular weight is 896 g/mol. The van der Waals surface area contributed by atoms with Gasteiger partial charge in [-0.05, 0) is 92.4 Å². The number of thiazole rings is 1. The van der Waals surface area contributed by atoms with Crippen LogP contribution in [0.3, 0.4) is 0 Å². The number of hydrogen-bond acceptors (Lipinski definition) is 6. The van der Waals surface area contributed by atoms with Crippen molar-refractivity contribution in [3.05, 3.63) is 162 Å². The summed E-state index contributed by atoms with van der Waals surface area (Å²) in [5.74, 6) is 1.14. The molecule has 0 radical (unpaired) electrons. The van der Waals surface area contributed by atoms with Crippen molar-refractivity contribution in [2.24, 2.45) is 0 Å². The Morgan fingerprint density at radius 3 is 1.89 bits per heavy atom. The van der Waals surface area contributed by atoms with E-state index in [4.69, 9.17) is 9.72 Å². The van der Waals surface area contributed by atoms with Gasteiger partial charge in [-0.25, -0.2) is 4.98 Å². The molecule has 8 heteroatoms. The van der Waals surface area contributed by atoms with Crippen molar-refractivity contribution in [3.63, 3.8) is 0 Å². The summed E-state index contributed by atoms with van der Waals surface area (Å²) in [6.45, 7) is 8.51. The van der Waals surface area contributed by atoms with Crippen molar-refractivity contribution < 1.29 is 25.8 Å². The fourth-order valence-corrected chi connectivity index (χ4v) is 9.00. The minimum atomic E-state index is -0.184. The maximum absolute atomic E-state index is 6.37. The van der Waals surface area contributed by atoms with Crippen molar-refractivity contribution in [1.82, 2.24) is 9.97 Å². The quantitative estimate of drug-likeness (QED) is 0.127. The number of ether oxygens (including phenoxy) is 1. The predicted octanol–water partition coefficient (Wildman–Crippen LogP) is 10.1. The number of nitrogens with zero attached hydrogens (tertiary/aromatic N) is 4. The number of benzene rings is 6. The Labute approximate surface area is 334 Å². The normalized spacial score (nSPS) is 12.6. The van der Waals surface area contributed by atoms with Crippen LogP contribution >= 0.6 is 11.3 Å². The Bertz CT molecular complexity index is 2700. The van der Waals surface area contributed by atoms with Gasteiger partial charge in [-0.2, -0.15) is 16.8 Å². The molecule has 10 rings (SSSR count). The van der Waals surface area contributed by atoms with Crippen molar-refractivity contribution in [2.45, 2.75) is 27.7 Å². The Hall–Kier alpha value is -5.49. The van der Waals surface area contributed by atoms with Crippen molar-refractivity contribution in [3.8, 4) is 22.2 Å². The van der Waals surface area contributed by atoms with Gasteiger partial charge in [0.05, 0.1) is 5.52 Å². The van der Waals surface area contributed by atoms with Crippen LogP contribution < -0.4 is 30.9 Å². The zero-order chi connectivity index (χ0) is 35.8. The summed E-state index contributed by atoms with van der Waals surface area (Å²) in [5.41, 5.74) is 16.9. The second-order valence-electron chi connectivity index (χ2n) is 13.9. The van der Waals surface area contributed by atoms with Gasteiger partial charge in [-0.1, -0.05) is 65.3 Å². The van der Waals surface area contributed by atoms with Crippen molar-refractivity contribution in [2.75, 3.05) is 9.80 Å². The van der Waals surface area contributed by atoms with Crippen LogP contribution in [-0.2, 0) is 21.1 Å². The van der Waals surface area contributed by atoms with Crippen LogP contribution in [0, 0.1) is 39.8 Å². The molecular formula is C46H33BN4OPtS. The zero-order valence-electron chi connectivity index (χ0n) is 30.1. The number of aromatic nitrogens is 2. The molecular weight excluding hydrogens is 862 g/mol. The van der Waals surface area contributed by atoms with Gasteiger partial charge in [0.2, 0.25) is 12.6 Å². The van der Waals surface area contributed by atoms with E-state index in [-0.39, 0.29) is 27.8 Å². The predicted molar refractivity (Wildman–Crippen MR) is 220 cm³/mol. The van der Waals surface area contributed by atoms with E-state index in [0.29, 0.717) is 11.6 Å². The third-order valence-corrected chi connectivity index (χ3v) is 11.4. The summed E-state index contributed by atoms with van der Waals surface area (Å²) in [4.78, 5) is 14.4. The van der Waals surface area contributed by atoms with Crippen molar-refractivity contribution in [1.29, 1.82) is 0 Å². The van der Waals surface area contributed by atoms with E-state index in [2.05, 4.69) is 146 Å². The molecule has 8 aromatic rings. The van der Waals surface area contributed by atoms with Gasteiger partial charge < -0.3 is 14.5 Å². The Morgan fingerprint density at radius 2 is 1.24 bits per heavy atom. The van der Waals surface area contributed by atoms with E-state index in [1.165, 1.54) is 27.7 Å². The van der Waals surface area contributed by atoms with Gasteiger partial charge in [0.25, 0.3) is 0 Å². The van der Waals surface area contributed by atoms with Crippen LogP contribution in [0.4, 0.5) is 34.1 Å². The molecule has 0 fully saturated rings. The smallest absolute Gasteiger partial charge is 0.466 e.